The normalized spacial score (nSPS) is 11.0. The molecule has 1 heterocycles. The van der Waals surface area contributed by atoms with Crippen LogP contribution < -0.4 is 11.1 Å². The van der Waals surface area contributed by atoms with Crippen molar-refractivity contribution in [1.29, 1.82) is 0 Å². The van der Waals surface area contributed by atoms with Crippen LogP contribution in [0.5, 0.6) is 0 Å². The molecule has 0 aliphatic rings. The van der Waals surface area contributed by atoms with Gasteiger partial charge in [0.05, 0.1) is 17.8 Å². The lowest BCUT2D eigenvalue weighted by atomic mass is 10.1. The van der Waals surface area contributed by atoms with E-state index in [1.807, 2.05) is 0 Å². The zero-order valence-electron chi connectivity index (χ0n) is 13.0. The highest BCUT2D eigenvalue weighted by molar-refractivity contribution is 6.00. The third-order valence-electron chi connectivity index (χ3n) is 3.16. The second-order valence-electron chi connectivity index (χ2n) is 5.04. The largest absolute Gasteiger partial charge is 0.418 e. The van der Waals surface area contributed by atoms with Crippen molar-refractivity contribution >= 4 is 23.3 Å². The Bertz CT molecular complexity index is 795. The van der Waals surface area contributed by atoms with Gasteiger partial charge in [-0.3, -0.25) is 9.59 Å². The van der Waals surface area contributed by atoms with Gasteiger partial charge in [-0.25, -0.2) is 9.97 Å². The van der Waals surface area contributed by atoms with Crippen LogP contribution in [0.25, 0.3) is 0 Å². The average Bonchev–Trinajstić information content (AvgIpc) is 2.54. The maximum absolute atomic E-state index is 12.9. The standard InChI is InChI=1S/C15H14F3N5O2/c1-23(14(25)12-13(19)21-7-6-20-12)8-11(24)22-10-5-3-2-4-9(10)15(16,17)18/h2-7H,8H2,1H3,(H2,19,21)(H,22,24). The van der Waals surface area contributed by atoms with Gasteiger partial charge in [0.15, 0.2) is 11.5 Å². The highest BCUT2D eigenvalue weighted by atomic mass is 19.4. The molecule has 25 heavy (non-hydrogen) atoms. The Morgan fingerprint density at radius 1 is 1.20 bits per heavy atom. The second-order valence-corrected chi connectivity index (χ2v) is 5.04. The molecule has 1 aromatic carbocycles. The molecule has 2 amide bonds. The van der Waals surface area contributed by atoms with Crippen LogP contribution in [0.1, 0.15) is 16.1 Å². The van der Waals surface area contributed by atoms with Gasteiger partial charge in [-0.2, -0.15) is 13.2 Å². The summed E-state index contributed by atoms with van der Waals surface area (Å²) in [6.45, 7) is -0.485. The Hall–Kier alpha value is -3.17. The maximum atomic E-state index is 12.9. The first-order chi connectivity index (χ1) is 11.7. The fraction of sp³-hybridized carbons (Fsp3) is 0.200. The maximum Gasteiger partial charge on any atom is 0.418 e. The predicted octanol–water partition coefficient (Wildman–Crippen LogP) is 1.79. The molecular weight excluding hydrogens is 339 g/mol. The lowest BCUT2D eigenvalue weighted by molar-refractivity contribution is -0.137. The zero-order valence-corrected chi connectivity index (χ0v) is 13.0. The van der Waals surface area contributed by atoms with Crippen LogP contribution in [-0.4, -0.2) is 40.3 Å². The summed E-state index contributed by atoms with van der Waals surface area (Å²) < 4.78 is 38.7. The monoisotopic (exact) mass is 353 g/mol. The quantitative estimate of drug-likeness (QED) is 0.873. The molecule has 7 nitrogen and oxygen atoms in total. The minimum Gasteiger partial charge on any atom is -0.382 e. The summed E-state index contributed by atoms with van der Waals surface area (Å²) in [4.78, 5) is 32.6. The van der Waals surface area contributed by atoms with Crippen molar-refractivity contribution in [3.63, 3.8) is 0 Å². The molecule has 10 heteroatoms. The Balaban J connectivity index is 2.08. The van der Waals surface area contributed by atoms with Gasteiger partial charge in [-0.1, -0.05) is 12.1 Å². The molecule has 0 fully saturated rings. The van der Waals surface area contributed by atoms with E-state index >= 15 is 0 Å². The number of carbonyl (C=O) groups excluding carboxylic acids is 2. The molecule has 0 unspecified atom stereocenters. The number of alkyl halides is 3. The molecule has 0 aliphatic carbocycles. The number of carbonyl (C=O) groups is 2. The number of para-hydroxylation sites is 1. The topological polar surface area (TPSA) is 101 Å². The van der Waals surface area contributed by atoms with E-state index in [0.717, 1.165) is 17.0 Å². The second kappa shape index (κ2) is 7.16. The number of halogens is 3. The van der Waals surface area contributed by atoms with Crippen molar-refractivity contribution in [2.24, 2.45) is 0 Å². The van der Waals surface area contributed by atoms with Gasteiger partial charge in [-0.15, -0.1) is 0 Å². The SMILES string of the molecule is CN(CC(=O)Nc1ccccc1C(F)(F)F)C(=O)c1nccnc1N. The number of nitrogens with two attached hydrogens (primary N) is 1. The van der Waals surface area contributed by atoms with E-state index in [1.54, 1.807) is 0 Å². The van der Waals surface area contributed by atoms with Gasteiger partial charge < -0.3 is 16.0 Å². The molecule has 2 aromatic rings. The number of hydrogen-bond donors (Lipinski definition) is 2. The minimum atomic E-state index is -4.61. The van der Waals surface area contributed by atoms with Gasteiger partial charge in [0, 0.05) is 19.4 Å². The predicted molar refractivity (Wildman–Crippen MR) is 83.5 cm³/mol. The van der Waals surface area contributed by atoms with Crippen molar-refractivity contribution in [3.8, 4) is 0 Å². The average molecular weight is 353 g/mol. The highest BCUT2D eigenvalue weighted by Gasteiger charge is 2.33. The molecule has 132 valence electrons. The van der Waals surface area contributed by atoms with Crippen LogP contribution in [-0.2, 0) is 11.0 Å². The Morgan fingerprint density at radius 2 is 1.84 bits per heavy atom. The van der Waals surface area contributed by atoms with Crippen LogP contribution in [0.4, 0.5) is 24.7 Å². The van der Waals surface area contributed by atoms with Crippen LogP contribution in [0.15, 0.2) is 36.7 Å². The van der Waals surface area contributed by atoms with Crippen LogP contribution >= 0.6 is 0 Å². The van der Waals surface area contributed by atoms with Crippen molar-refractivity contribution in [2.45, 2.75) is 6.18 Å². The van der Waals surface area contributed by atoms with E-state index < -0.39 is 30.1 Å². The number of benzene rings is 1. The molecular formula is C15H14F3N5O2. The first kappa shape index (κ1) is 18.2. The summed E-state index contributed by atoms with van der Waals surface area (Å²) in [6.07, 6.45) is -2.05. The third-order valence-corrected chi connectivity index (χ3v) is 3.16. The summed E-state index contributed by atoms with van der Waals surface area (Å²) in [5.41, 5.74) is 4.02. The summed E-state index contributed by atoms with van der Waals surface area (Å²) in [7, 11) is 1.30. The fourth-order valence-electron chi connectivity index (χ4n) is 2.01. The van der Waals surface area contributed by atoms with E-state index in [1.165, 1.54) is 31.6 Å². The number of nitrogen functional groups attached to an aromatic ring is 1. The fourth-order valence-corrected chi connectivity index (χ4v) is 2.01. The van der Waals surface area contributed by atoms with Crippen molar-refractivity contribution < 1.29 is 22.8 Å². The van der Waals surface area contributed by atoms with E-state index in [4.69, 9.17) is 5.73 Å². The van der Waals surface area contributed by atoms with Gasteiger partial charge in [0.2, 0.25) is 5.91 Å². The summed E-state index contributed by atoms with van der Waals surface area (Å²) in [6, 6.07) is 4.55. The van der Waals surface area contributed by atoms with Crippen molar-refractivity contribution in [3.05, 3.63) is 47.9 Å². The molecule has 0 saturated heterocycles. The molecule has 0 spiro atoms. The smallest absolute Gasteiger partial charge is 0.382 e. The molecule has 1 aromatic heterocycles. The van der Waals surface area contributed by atoms with Gasteiger partial charge >= 0.3 is 6.18 Å². The van der Waals surface area contributed by atoms with Gasteiger partial charge in [0.1, 0.15) is 0 Å². The first-order valence-corrected chi connectivity index (χ1v) is 6.98. The molecule has 0 aliphatic heterocycles. The number of nitrogens with zero attached hydrogens (tertiary/aromatic N) is 3. The van der Waals surface area contributed by atoms with E-state index in [-0.39, 0.29) is 17.2 Å². The lowest BCUT2D eigenvalue weighted by Gasteiger charge is -2.18. The molecule has 0 saturated carbocycles. The highest BCUT2D eigenvalue weighted by Crippen LogP contribution is 2.34. The third kappa shape index (κ3) is 4.43. The first-order valence-electron chi connectivity index (χ1n) is 6.98. The van der Waals surface area contributed by atoms with Crippen LogP contribution in [0.3, 0.4) is 0 Å². The van der Waals surface area contributed by atoms with Crippen LogP contribution in [0.2, 0.25) is 0 Å². The summed E-state index contributed by atoms with van der Waals surface area (Å²) in [5.74, 6) is -1.58. The molecule has 0 atom stereocenters. The number of aromatic nitrogens is 2. The Labute approximate surface area is 140 Å². The Morgan fingerprint density at radius 3 is 2.48 bits per heavy atom. The van der Waals surface area contributed by atoms with E-state index in [9.17, 15) is 22.8 Å². The van der Waals surface area contributed by atoms with Crippen LogP contribution in [0, 0.1) is 0 Å². The van der Waals surface area contributed by atoms with Gasteiger partial charge in [0.25, 0.3) is 5.91 Å². The minimum absolute atomic E-state index is 0.109. The zero-order chi connectivity index (χ0) is 18.6. The summed E-state index contributed by atoms with van der Waals surface area (Å²) in [5, 5.41) is 2.15. The number of hydrogen-bond acceptors (Lipinski definition) is 5. The number of likely N-dealkylation sites (N-methyl/N-ethyl adjacent to an activating group) is 1. The van der Waals surface area contributed by atoms with Crippen molar-refractivity contribution in [2.75, 3.05) is 24.6 Å². The number of amides is 2. The van der Waals surface area contributed by atoms with Gasteiger partial charge in [-0.05, 0) is 12.1 Å². The van der Waals surface area contributed by atoms with E-state index in [0.29, 0.717) is 0 Å². The molecule has 3 N–H and O–H groups in total. The molecule has 0 bridgehead atoms. The number of nitrogens with one attached hydrogen (secondary N) is 1. The van der Waals surface area contributed by atoms with E-state index in [2.05, 4.69) is 15.3 Å². The number of anilines is 2. The number of rotatable bonds is 4. The summed E-state index contributed by atoms with van der Waals surface area (Å²) >= 11 is 0. The lowest BCUT2D eigenvalue weighted by Crippen LogP contribution is -2.36. The molecule has 0 radical (unpaired) electrons. The Kier molecular flexibility index (Phi) is 5.20. The van der Waals surface area contributed by atoms with Crippen molar-refractivity contribution in [1.82, 2.24) is 14.9 Å². The molecule has 2 rings (SSSR count).